The molecule has 1 nitrogen and oxygen atoms in total. The van der Waals surface area contributed by atoms with E-state index in [0.717, 1.165) is 24.3 Å². The molecule has 3 rings (SSSR count). The normalized spacial score (nSPS) is 17.1. The van der Waals surface area contributed by atoms with Gasteiger partial charge in [0, 0.05) is 11.0 Å². The number of aryl methyl sites for hydroxylation is 1. The molecular weight excluding hydrogens is 280 g/mol. The Labute approximate surface area is 131 Å². The first-order valence-electron chi connectivity index (χ1n) is 7.52. The molecule has 0 radical (unpaired) electrons. The number of hydrogen-bond donors (Lipinski definition) is 0. The monoisotopic (exact) mass is 300 g/mol. The molecule has 2 aromatic carbocycles. The molecule has 0 spiro atoms. The molecule has 0 fully saturated rings. The molecule has 0 N–H and O–H groups in total. The summed E-state index contributed by atoms with van der Waals surface area (Å²) in [5, 5.41) is -0.108. The minimum absolute atomic E-state index is 0.0617. The van der Waals surface area contributed by atoms with Crippen LogP contribution in [0.15, 0.2) is 42.5 Å². The zero-order valence-corrected chi connectivity index (χ0v) is 13.6. The van der Waals surface area contributed by atoms with Gasteiger partial charge in [0.15, 0.2) is 0 Å². The van der Waals surface area contributed by atoms with Crippen LogP contribution in [0.25, 0.3) is 0 Å². The fraction of sp³-hybridized carbons (Fsp3) is 0.368. The Morgan fingerprint density at radius 1 is 1.19 bits per heavy atom. The lowest BCUT2D eigenvalue weighted by atomic mass is 9.85. The van der Waals surface area contributed by atoms with Crippen molar-refractivity contribution in [1.82, 2.24) is 0 Å². The van der Waals surface area contributed by atoms with Gasteiger partial charge in [0.1, 0.15) is 5.75 Å². The minimum Gasteiger partial charge on any atom is -0.492 e. The van der Waals surface area contributed by atoms with Crippen LogP contribution in [0, 0.1) is 0 Å². The third kappa shape index (κ3) is 2.55. The van der Waals surface area contributed by atoms with Gasteiger partial charge in [-0.25, -0.2) is 0 Å². The quantitative estimate of drug-likeness (QED) is 0.704. The molecular formula is C19H21ClO. The molecule has 0 saturated heterocycles. The van der Waals surface area contributed by atoms with Gasteiger partial charge in [0.2, 0.25) is 0 Å². The molecule has 1 atom stereocenters. The van der Waals surface area contributed by atoms with Gasteiger partial charge in [0.25, 0.3) is 0 Å². The predicted molar refractivity (Wildman–Crippen MR) is 88.5 cm³/mol. The van der Waals surface area contributed by atoms with Crippen LogP contribution in [-0.2, 0) is 11.8 Å². The third-order valence-electron chi connectivity index (χ3n) is 4.32. The zero-order valence-electron chi connectivity index (χ0n) is 12.8. The van der Waals surface area contributed by atoms with Crippen molar-refractivity contribution in [3.63, 3.8) is 0 Å². The molecule has 1 unspecified atom stereocenters. The van der Waals surface area contributed by atoms with Gasteiger partial charge in [0.05, 0.1) is 12.0 Å². The van der Waals surface area contributed by atoms with Crippen molar-refractivity contribution in [2.24, 2.45) is 0 Å². The van der Waals surface area contributed by atoms with Crippen molar-refractivity contribution in [1.29, 1.82) is 0 Å². The fourth-order valence-corrected chi connectivity index (χ4v) is 3.33. The Hall–Kier alpha value is -1.47. The van der Waals surface area contributed by atoms with Gasteiger partial charge in [-0.2, -0.15) is 0 Å². The number of rotatable bonds is 3. The number of alkyl halides is 1. The van der Waals surface area contributed by atoms with Crippen molar-refractivity contribution in [2.75, 3.05) is 6.61 Å². The van der Waals surface area contributed by atoms with Crippen LogP contribution in [0.2, 0.25) is 0 Å². The highest BCUT2D eigenvalue weighted by Gasteiger charge is 2.32. The molecule has 21 heavy (non-hydrogen) atoms. The highest BCUT2D eigenvalue weighted by Crippen LogP contribution is 2.41. The van der Waals surface area contributed by atoms with E-state index in [-0.39, 0.29) is 10.8 Å². The van der Waals surface area contributed by atoms with E-state index in [1.807, 2.05) is 0 Å². The van der Waals surface area contributed by atoms with Crippen molar-refractivity contribution < 1.29 is 4.74 Å². The summed E-state index contributed by atoms with van der Waals surface area (Å²) in [6, 6.07) is 14.8. The topological polar surface area (TPSA) is 9.23 Å². The van der Waals surface area contributed by atoms with Crippen molar-refractivity contribution >= 4 is 11.6 Å². The number of ether oxygens (including phenoxy) is 1. The van der Waals surface area contributed by atoms with Gasteiger partial charge in [-0.05, 0) is 35.2 Å². The average Bonchev–Trinajstić information content (AvgIpc) is 2.81. The average molecular weight is 301 g/mol. The van der Waals surface area contributed by atoms with Crippen LogP contribution >= 0.6 is 11.6 Å². The van der Waals surface area contributed by atoms with Crippen LogP contribution in [0.5, 0.6) is 5.75 Å². The molecule has 1 aliphatic heterocycles. The molecule has 2 heteroatoms. The van der Waals surface area contributed by atoms with Gasteiger partial charge in [-0.3, -0.25) is 0 Å². The summed E-state index contributed by atoms with van der Waals surface area (Å²) in [6.07, 6.45) is 0.999. The first-order valence-corrected chi connectivity index (χ1v) is 7.95. The second-order valence-electron chi connectivity index (χ2n) is 6.34. The first-order chi connectivity index (χ1) is 10.0. The molecule has 0 saturated carbocycles. The van der Waals surface area contributed by atoms with Crippen LogP contribution in [0.4, 0.5) is 0 Å². The number of benzene rings is 2. The summed E-state index contributed by atoms with van der Waals surface area (Å²) in [7, 11) is 0. The van der Waals surface area contributed by atoms with E-state index in [4.69, 9.17) is 16.3 Å². The summed E-state index contributed by atoms with van der Waals surface area (Å²) < 4.78 is 5.76. The SMILES string of the molecule is CCc1ccccc1C(Cl)c1ccc2c(c1)C(C)(C)CO2. The molecule has 0 bridgehead atoms. The molecule has 0 aliphatic carbocycles. The maximum absolute atomic E-state index is 6.77. The Balaban J connectivity index is 2.01. The first kappa shape index (κ1) is 14.5. The standard InChI is InChI=1S/C19H21ClO/c1-4-13-7-5-6-8-15(13)18(20)14-9-10-17-16(11-14)19(2,3)12-21-17/h5-11,18H,4,12H2,1-3H3. The van der Waals surface area contributed by atoms with E-state index >= 15 is 0 Å². The van der Waals surface area contributed by atoms with E-state index in [1.165, 1.54) is 16.7 Å². The van der Waals surface area contributed by atoms with E-state index in [9.17, 15) is 0 Å². The summed E-state index contributed by atoms with van der Waals surface area (Å²) in [4.78, 5) is 0. The Kier molecular flexibility index (Phi) is 3.71. The molecule has 110 valence electrons. The Bertz CT molecular complexity index is 660. The zero-order chi connectivity index (χ0) is 15.0. The maximum atomic E-state index is 6.77. The van der Waals surface area contributed by atoms with Gasteiger partial charge in [-0.1, -0.05) is 51.1 Å². The summed E-state index contributed by atoms with van der Waals surface area (Å²) in [5.41, 5.74) is 4.99. The molecule has 2 aromatic rings. The summed E-state index contributed by atoms with van der Waals surface area (Å²) in [6.45, 7) is 7.34. The number of fused-ring (bicyclic) bond motifs is 1. The molecule has 0 aromatic heterocycles. The lowest BCUT2D eigenvalue weighted by Gasteiger charge is -2.18. The molecule has 1 aliphatic rings. The highest BCUT2D eigenvalue weighted by molar-refractivity contribution is 6.22. The fourth-order valence-electron chi connectivity index (χ4n) is 2.98. The second kappa shape index (κ2) is 5.38. The number of halogens is 1. The maximum Gasteiger partial charge on any atom is 0.123 e. The van der Waals surface area contributed by atoms with E-state index in [2.05, 4.69) is 63.2 Å². The van der Waals surface area contributed by atoms with Crippen molar-refractivity contribution in [3.8, 4) is 5.75 Å². The van der Waals surface area contributed by atoms with Crippen LogP contribution < -0.4 is 4.74 Å². The van der Waals surface area contributed by atoms with Gasteiger partial charge < -0.3 is 4.74 Å². The van der Waals surface area contributed by atoms with Crippen LogP contribution in [0.1, 0.15) is 48.4 Å². The minimum atomic E-state index is -0.108. The van der Waals surface area contributed by atoms with E-state index < -0.39 is 0 Å². The van der Waals surface area contributed by atoms with Crippen molar-refractivity contribution in [3.05, 3.63) is 64.7 Å². The van der Waals surface area contributed by atoms with E-state index in [0.29, 0.717) is 0 Å². The van der Waals surface area contributed by atoms with Gasteiger partial charge >= 0.3 is 0 Å². The lowest BCUT2D eigenvalue weighted by Crippen LogP contribution is -2.18. The molecule has 0 amide bonds. The smallest absolute Gasteiger partial charge is 0.123 e. The number of hydrogen-bond acceptors (Lipinski definition) is 1. The molecule has 1 heterocycles. The Morgan fingerprint density at radius 2 is 1.95 bits per heavy atom. The second-order valence-corrected chi connectivity index (χ2v) is 6.78. The van der Waals surface area contributed by atoms with Gasteiger partial charge in [-0.15, -0.1) is 11.6 Å². The third-order valence-corrected chi connectivity index (χ3v) is 4.81. The van der Waals surface area contributed by atoms with E-state index in [1.54, 1.807) is 0 Å². The van der Waals surface area contributed by atoms with Crippen molar-refractivity contribution in [2.45, 2.75) is 38.0 Å². The Morgan fingerprint density at radius 3 is 2.71 bits per heavy atom. The van der Waals surface area contributed by atoms with Crippen LogP contribution in [0.3, 0.4) is 0 Å². The summed E-state index contributed by atoms with van der Waals surface area (Å²) >= 11 is 6.77. The van der Waals surface area contributed by atoms with Crippen LogP contribution in [-0.4, -0.2) is 6.61 Å². The largest absolute Gasteiger partial charge is 0.492 e. The highest BCUT2D eigenvalue weighted by atomic mass is 35.5. The summed E-state index contributed by atoms with van der Waals surface area (Å²) in [5.74, 6) is 0.997. The predicted octanol–water partition coefficient (Wildman–Crippen LogP) is 5.25. The lowest BCUT2D eigenvalue weighted by molar-refractivity contribution is 0.291.